The quantitative estimate of drug-likeness (QED) is 0.732. The molecule has 2 fully saturated rings. The highest BCUT2D eigenvalue weighted by Gasteiger charge is 2.37. The van der Waals surface area contributed by atoms with Crippen LogP contribution >= 0.6 is 0 Å². The molecule has 3 rings (SSSR count). The number of hydrogen-bond donors (Lipinski definition) is 3. The van der Waals surface area contributed by atoms with Crippen molar-refractivity contribution < 1.29 is 14.6 Å². The molecule has 2 aliphatic heterocycles. The molecular weight excluding hydrogens is 318 g/mol. The zero-order valence-corrected chi connectivity index (χ0v) is 14.9. The number of morpholine rings is 1. The van der Waals surface area contributed by atoms with Crippen molar-refractivity contribution in [3.05, 3.63) is 35.9 Å². The molecule has 25 heavy (non-hydrogen) atoms. The molecule has 0 spiro atoms. The Kier molecular flexibility index (Phi) is 6.29. The van der Waals surface area contributed by atoms with Crippen molar-refractivity contribution in [1.29, 1.82) is 0 Å². The zero-order chi connectivity index (χ0) is 17.6. The van der Waals surface area contributed by atoms with E-state index in [4.69, 9.17) is 9.84 Å². The minimum Gasteiger partial charge on any atom is -0.396 e. The van der Waals surface area contributed by atoms with Crippen molar-refractivity contribution in [3.63, 3.8) is 0 Å². The minimum atomic E-state index is -0.103. The number of urea groups is 1. The number of carbonyl (C=O) groups excluding carboxylic acids is 1. The average Bonchev–Trinajstić information content (AvgIpc) is 3.02. The topological polar surface area (TPSA) is 73.8 Å². The first-order valence-corrected chi connectivity index (χ1v) is 9.28. The van der Waals surface area contributed by atoms with Crippen LogP contribution in [0.5, 0.6) is 0 Å². The van der Waals surface area contributed by atoms with Gasteiger partial charge in [-0.25, -0.2) is 4.79 Å². The summed E-state index contributed by atoms with van der Waals surface area (Å²) in [5.74, 6) is 0. The fraction of sp³-hybridized carbons (Fsp3) is 0.632. The van der Waals surface area contributed by atoms with E-state index in [1.54, 1.807) is 0 Å². The van der Waals surface area contributed by atoms with Gasteiger partial charge in [0, 0.05) is 31.8 Å². The number of ether oxygens (including phenoxy) is 1. The van der Waals surface area contributed by atoms with Crippen LogP contribution in [0.25, 0.3) is 0 Å². The molecule has 2 aliphatic rings. The molecule has 0 saturated carbocycles. The SMILES string of the molecule is CC[C@H](NC(=O)N[C@@H]1C[C@H]2CO[C@@H](CCO)CN2C1)c1ccccc1. The van der Waals surface area contributed by atoms with Gasteiger partial charge in [0.2, 0.25) is 0 Å². The number of rotatable bonds is 6. The maximum atomic E-state index is 12.4. The van der Waals surface area contributed by atoms with Crippen molar-refractivity contribution in [2.24, 2.45) is 0 Å². The molecule has 138 valence electrons. The van der Waals surface area contributed by atoms with Crippen LogP contribution in [0.2, 0.25) is 0 Å². The number of amides is 2. The first-order valence-electron chi connectivity index (χ1n) is 9.28. The lowest BCUT2D eigenvalue weighted by Crippen LogP contribution is -2.47. The van der Waals surface area contributed by atoms with E-state index in [2.05, 4.69) is 22.5 Å². The summed E-state index contributed by atoms with van der Waals surface area (Å²) in [7, 11) is 0. The van der Waals surface area contributed by atoms with Gasteiger partial charge in [-0.05, 0) is 24.8 Å². The molecule has 3 N–H and O–H groups in total. The minimum absolute atomic E-state index is 0.0301. The number of nitrogens with one attached hydrogen (secondary N) is 2. The summed E-state index contributed by atoms with van der Waals surface area (Å²) in [6.07, 6.45) is 2.56. The predicted octanol–water partition coefficient (Wildman–Crippen LogP) is 1.66. The normalized spacial score (nSPS) is 27.5. The van der Waals surface area contributed by atoms with Gasteiger partial charge < -0.3 is 20.5 Å². The zero-order valence-electron chi connectivity index (χ0n) is 14.9. The highest BCUT2D eigenvalue weighted by molar-refractivity contribution is 5.74. The Morgan fingerprint density at radius 3 is 2.88 bits per heavy atom. The molecule has 0 aromatic heterocycles. The Balaban J connectivity index is 1.49. The van der Waals surface area contributed by atoms with E-state index in [1.807, 2.05) is 30.3 Å². The molecule has 1 aromatic carbocycles. The van der Waals surface area contributed by atoms with E-state index < -0.39 is 0 Å². The molecular formula is C19H29N3O3. The monoisotopic (exact) mass is 347 g/mol. The van der Waals surface area contributed by atoms with E-state index >= 15 is 0 Å². The van der Waals surface area contributed by atoms with Crippen molar-refractivity contribution in [2.75, 3.05) is 26.3 Å². The van der Waals surface area contributed by atoms with Crippen molar-refractivity contribution in [3.8, 4) is 0 Å². The van der Waals surface area contributed by atoms with Gasteiger partial charge in [0.05, 0.1) is 18.8 Å². The summed E-state index contributed by atoms with van der Waals surface area (Å²) in [4.78, 5) is 14.8. The fourth-order valence-corrected chi connectivity index (χ4v) is 3.86. The maximum absolute atomic E-state index is 12.4. The lowest BCUT2D eigenvalue weighted by molar-refractivity contribution is -0.0566. The van der Waals surface area contributed by atoms with Crippen molar-refractivity contribution >= 4 is 6.03 Å². The third-order valence-corrected chi connectivity index (χ3v) is 5.19. The Bertz CT molecular complexity index is 554. The summed E-state index contributed by atoms with van der Waals surface area (Å²) in [6.45, 7) is 4.61. The Morgan fingerprint density at radius 2 is 2.16 bits per heavy atom. The Hall–Kier alpha value is -1.63. The predicted molar refractivity (Wildman–Crippen MR) is 96.4 cm³/mol. The standard InChI is InChI=1S/C19H29N3O3/c1-2-18(14-6-4-3-5-7-14)21-19(24)20-15-10-16-13-25-17(8-9-23)12-22(16)11-15/h3-7,15-18,23H,2,8-13H2,1H3,(H2,20,21,24)/t15-,16+,17+,18+/m1/s1. The number of benzene rings is 1. The fourth-order valence-electron chi connectivity index (χ4n) is 3.86. The highest BCUT2D eigenvalue weighted by atomic mass is 16.5. The van der Waals surface area contributed by atoms with Crippen LogP contribution < -0.4 is 10.6 Å². The number of aliphatic hydroxyl groups is 1. The van der Waals surface area contributed by atoms with Gasteiger partial charge in [-0.1, -0.05) is 37.3 Å². The molecule has 2 amide bonds. The van der Waals surface area contributed by atoms with Gasteiger partial charge in [0.1, 0.15) is 0 Å². The van der Waals surface area contributed by atoms with Gasteiger partial charge in [0.25, 0.3) is 0 Å². The molecule has 0 radical (unpaired) electrons. The first kappa shape index (κ1) is 18.2. The van der Waals surface area contributed by atoms with E-state index in [0.717, 1.165) is 31.5 Å². The smallest absolute Gasteiger partial charge is 0.315 e. The second-order valence-corrected chi connectivity index (χ2v) is 7.00. The van der Waals surface area contributed by atoms with E-state index in [-0.39, 0.29) is 30.8 Å². The van der Waals surface area contributed by atoms with Gasteiger partial charge >= 0.3 is 6.03 Å². The van der Waals surface area contributed by atoms with Crippen LogP contribution in [0.15, 0.2) is 30.3 Å². The Labute approximate surface area is 149 Å². The summed E-state index contributed by atoms with van der Waals surface area (Å²) < 4.78 is 5.80. The molecule has 0 unspecified atom stereocenters. The number of nitrogens with zero attached hydrogens (tertiary/aromatic N) is 1. The summed E-state index contributed by atoms with van der Waals surface area (Å²) in [5.41, 5.74) is 1.13. The summed E-state index contributed by atoms with van der Waals surface area (Å²) in [5, 5.41) is 15.3. The lowest BCUT2D eigenvalue weighted by atomic mass is 10.1. The number of carbonyl (C=O) groups is 1. The molecule has 0 aliphatic carbocycles. The van der Waals surface area contributed by atoms with Crippen LogP contribution in [-0.4, -0.2) is 60.5 Å². The summed E-state index contributed by atoms with van der Waals surface area (Å²) in [6, 6.07) is 10.5. The van der Waals surface area contributed by atoms with Crippen LogP contribution in [0.3, 0.4) is 0 Å². The maximum Gasteiger partial charge on any atom is 0.315 e. The second kappa shape index (κ2) is 8.65. The highest BCUT2D eigenvalue weighted by Crippen LogP contribution is 2.24. The third kappa shape index (κ3) is 4.71. The molecule has 2 saturated heterocycles. The van der Waals surface area contributed by atoms with Gasteiger partial charge in [-0.2, -0.15) is 0 Å². The van der Waals surface area contributed by atoms with Gasteiger partial charge in [-0.15, -0.1) is 0 Å². The molecule has 6 nitrogen and oxygen atoms in total. The van der Waals surface area contributed by atoms with Crippen LogP contribution in [0.4, 0.5) is 4.79 Å². The van der Waals surface area contributed by atoms with Gasteiger partial charge in [0.15, 0.2) is 0 Å². The van der Waals surface area contributed by atoms with Crippen LogP contribution in [0.1, 0.15) is 37.8 Å². The third-order valence-electron chi connectivity index (χ3n) is 5.19. The largest absolute Gasteiger partial charge is 0.396 e. The van der Waals surface area contributed by atoms with Crippen LogP contribution in [-0.2, 0) is 4.74 Å². The molecule has 4 atom stereocenters. The van der Waals surface area contributed by atoms with Crippen molar-refractivity contribution in [2.45, 2.75) is 50.4 Å². The summed E-state index contributed by atoms with van der Waals surface area (Å²) >= 11 is 0. The average molecular weight is 347 g/mol. The first-order chi connectivity index (χ1) is 12.2. The van der Waals surface area contributed by atoms with Crippen LogP contribution in [0, 0.1) is 0 Å². The molecule has 2 heterocycles. The van der Waals surface area contributed by atoms with Crippen molar-refractivity contribution in [1.82, 2.24) is 15.5 Å². The molecule has 1 aromatic rings. The Morgan fingerprint density at radius 1 is 1.36 bits per heavy atom. The van der Waals surface area contributed by atoms with Gasteiger partial charge in [-0.3, -0.25) is 4.90 Å². The number of hydrogen-bond acceptors (Lipinski definition) is 4. The lowest BCUT2D eigenvalue weighted by Gasteiger charge is -2.34. The number of fused-ring (bicyclic) bond motifs is 1. The molecule has 6 heteroatoms. The van der Waals surface area contributed by atoms with E-state index in [0.29, 0.717) is 19.1 Å². The number of aliphatic hydroxyl groups excluding tert-OH is 1. The van der Waals surface area contributed by atoms with E-state index in [9.17, 15) is 4.79 Å². The molecule has 0 bridgehead atoms. The second-order valence-electron chi connectivity index (χ2n) is 7.00. The van der Waals surface area contributed by atoms with E-state index in [1.165, 1.54) is 0 Å².